The van der Waals surface area contributed by atoms with Crippen LogP contribution in [-0.2, 0) is 0 Å². The van der Waals surface area contributed by atoms with E-state index in [1.165, 1.54) is 49.7 Å². The molecule has 0 unspecified atom stereocenters. The van der Waals surface area contributed by atoms with Crippen molar-refractivity contribution in [3.8, 4) is 66.8 Å². The van der Waals surface area contributed by atoms with Crippen LogP contribution in [0.25, 0.3) is 99.5 Å². The third-order valence-corrected chi connectivity index (χ3v) is 12.9. The molecule has 0 amide bonds. The molecule has 2 heteroatoms. The largest absolute Gasteiger partial charge is 0.456 e. The Balaban J connectivity index is 0.915. The molecule has 0 N–H and O–H groups in total. The van der Waals surface area contributed by atoms with Gasteiger partial charge in [0.05, 0.1) is 0 Å². The number of hydrogen-bond donors (Lipinski definition) is 0. The highest BCUT2D eigenvalue weighted by atomic mass is 16.3. The number of fused-ring (bicyclic) bond motifs is 4. The van der Waals surface area contributed by atoms with Gasteiger partial charge in [0.2, 0.25) is 0 Å². The first-order valence-electron chi connectivity index (χ1n) is 22.6. The van der Waals surface area contributed by atoms with Crippen LogP contribution in [0, 0.1) is 0 Å². The van der Waals surface area contributed by atoms with Crippen LogP contribution >= 0.6 is 0 Å². The first-order chi connectivity index (χ1) is 32.7. The van der Waals surface area contributed by atoms with E-state index in [-0.39, 0.29) is 0 Å². The Kier molecular flexibility index (Phi) is 9.89. The van der Waals surface area contributed by atoms with Crippen LogP contribution in [0.15, 0.2) is 265 Å². The molecule has 0 aliphatic heterocycles. The Bertz CT molecular complexity index is 3610. The highest BCUT2D eigenvalue weighted by Crippen LogP contribution is 2.43. The number of furan rings is 1. The van der Waals surface area contributed by atoms with Crippen molar-refractivity contribution < 1.29 is 4.42 Å². The molecule has 0 saturated heterocycles. The van der Waals surface area contributed by atoms with Crippen LogP contribution in [0.3, 0.4) is 0 Å². The zero-order valence-electron chi connectivity index (χ0n) is 36.2. The zero-order chi connectivity index (χ0) is 43.8. The minimum atomic E-state index is 0.895. The Morgan fingerprint density at radius 3 is 1.35 bits per heavy atom. The molecule has 0 fully saturated rings. The van der Waals surface area contributed by atoms with Crippen LogP contribution in [0.2, 0.25) is 0 Å². The Labute approximate surface area is 384 Å². The van der Waals surface area contributed by atoms with Gasteiger partial charge in [-0.3, -0.25) is 0 Å². The van der Waals surface area contributed by atoms with Gasteiger partial charge < -0.3 is 9.32 Å². The predicted octanol–water partition coefficient (Wildman–Crippen LogP) is 18.2. The molecular weight excluding hydrogens is 799 g/mol. The van der Waals surface area contributed by atoms with Gasteiger partial charge in [0.25, 0.3) is 0 Å². The lowest BCUT2D eigenvalue weighted by Gasteiger charge is -2.27. The maximum absolute atomic E-state index is 6.28. The fraction of sp³-hybridized carbons (Fsp3) is 0. The molecule has 66 heavy (non-hydrogen) atoms. The molecule has 0 bridgehead atoms. The molecule has 310 valence electrons. The van der Waals surface area contributed by atoms with E-state index in [1.807, 2.05) is 12.1 Å². The number of benzene rings is 11. The van der Waals surface area contributed by atoms with E-state index in [0.717, 1.165) is 66.8 Å². The maximum Gasteiger partial charge on any atom is 0.136 e. The first-order valence-corrected chi connectivity index (χ1v) is 22.6. The van der Waals surface area contributed by atoms with Crippen LogP contribution in [0.5, 0.6) is 0 Å². The number of rotatable bonds is 9. The van der Waals surface area contributed by atoms with Gasteiger partial charge in [-0.2, -0.15) is 0 Å². The van der Waals surface area contributed by atoms with Crippen LogP contribution < -0.4 is 4.90 Å². The van der Waals surface area contributed by atoms with Crippen molar-refractivity contribution in [2.45, 2.75) is 0 Å². The van der Waals surface area contributed by atoms with Gasteiger partial charge in [-0.05, 0) is 144 Å². The van der Waals surface area contributed by atoms with E-state index in [4.69, 9.17) is 4.42 Å². The molecule has 0 radical (unpaired) electrons. The Morgan fingerprint density at radius 2 is 0.682 bits per heavy atom. The quantitative estimate of drug-likeness (QED) is 0.144. The standard InChI is InChI=1S/C64H43NO/c1-3-13-44(14-4-1)55-41-56(45-15-5-2-6-16-45)43-59(42-55)65(58-37-33-50(34-38-58)60-22-12-24-63-64(60)61-21-9-10-23-62(61)66-63)57-35-31-48(32-36-57)47-25-27-49(28-26-47)52-19-11-20-53(39-52)54-30-29-46-17-7-8-18-51(46)40-54/h1-43H. The lowest BCUT2D eigenvalue weighted by atomic mass is 9.96. The third kappa shape index (κ3) is 7.41. The molecule has 0 spiro atoms. The smallest absolute Gasteiger partial charge is 0.136 e. The van der Waals surface area contributed by atoms with Gasteiger partial charge in [0.15, 0.2) is 0 Å². The third-order valence-electron chi connectivity index (χ3n) is 12.9. The van der Waals surface area contributed by atoms with E-state index >= 15 is 0 Å². The van der Waals surface area contributed by atoms with Crippen molar-refractivity contribution >= 4 is 49.8 Å². The molecule has 11 aromatic carbocycles. The number of nitrogens with zero attached hydrogens (tertiary/aromatic N) is 1. The van der Waals surface area contributed by atoms with Crippen LogP contribution in [0.4, 0.5) is 17.1 Å². The summed E-state index contributed by atoms with van der Waals surface area (Å²) in [5.41, 5.74) is 19.1. The molecule has 1 heterocycles. The summed E-state index contributed by atoms with van der Waals surface area (Å²) in [5.74, 6) is 0. The van der Waals surface area contributed by atoms with Gasteiger partial charge in [0, 0.05) is 27.8 Å². The average molecular weight is 842 g/mol. The second kappa shape index (κ2) is 16.8. The highest BCUT2D eigenvalue weighted by molar-refractivity contribution is 6.12. The Hall–Kier alpha value is -8.72. The van der Waals surface area contributed by atoms with Crippen molar-refractivity contribution in [3.63, 3.8) is 0 Å². The maximum atomic E-state index is 6.28. The lowest BCUT2D eigenvalue weighted by Crippen LogP contribution is -2.10. The average Bonchev–Trinajstić information content (AvgIpc) is 3.79. The monoisotopic (exact) mass is 841 g/mol. The van der Waals surface area contributed by atoms with Gasteiger partial charge >= 0.3 is 0 Å². The van der Waals surface area contributed by atoms with E-state index in [1.54, 1.807) is 0 Å². The second-order valence-corrected chi connectivity index (χ2v) is 16.9. The van der Waals surface area contributed by atoms with Crippen molar-refractivity contribution in [1.82, 2.24) is 0 Å². The molecule has 0 aliphatic carbocycles. The van der Waals surface area contributed by atoms with Crippen molar-refractivity contribution in [1.29, 1.82) is 0 Å². The fourth-order valence-electron chi connectivity index (χ4n) is 9.49. The van der Waals surface area contributed by atoms with Gasteiger partial charge in [-0.15, -0.1) is 0 Å². The van der Waals surface area contributed by atoms with Crippen LogP contribution in [0.1, 0.15) is 0 Å². The minimum Gasteiger partial charge on any atom is -0.456 e. The van der Waals surface area contributed by atoms with Gasteiger partial charge in [-0.25, -0.2) is 0 Å². The summed E-state index contributed by atoms with van der Waals surface area (Å²) in [6.45, 7) is 0. The predicted molar refractivity (Wildman–Crippen MR) is 279 cm³/mol. The fourth-order valence-corrected chi connectivity index (χ4v) is 9.49. The summed E-state index contributed by atoms with van der Waals surface area (Å²) in [6, 6.07) is 93.9. The van der Waals surface area contributed by atoms with E-state index in [0.29, 0.717) is 0 Å². The summed E-state index contributed by atoms with van der Waals surface area (Å²) in [5, 5.41) is 4.77. The minimum absolute atomic E-state index is 0.895. The molecule has 12 rings (SSSR count). The normalized spacial score (nSPS) is 11.3. The van der Waals surface area contributed by atoms with Crippen molar-refractivity contribution in [2.24, 2.45) is 0 Å². The molecule has 0 aliphatic rings. The number of hydrogen-bond acceptors (Lipinski definition) is 2. The second-order valence-electron chi connectivity index (χ2n) is 16.9. The number of para-hydroxylation sites is 1. The van der Waals surface area contributed by atoms with E-state index < -0.39 is 0 Å². The SMILES string of the molecule is c1ccc(-c2cc(-c3ccccc3)cc(N(c3ccc(-c4ccc(-c5cccc(-c6ccc7ccccc7c6)c5)cc4)cc3)c3ccc(-c4cccc5oc6ccccc6c45)cc3)c2)cc1. The lowest BCUT2D eigenvalue weighted by molar-refractivity contribution is 0.669. The summed E-state index contributed by atoms with van der Waals surface area (Å²) < 4.78 is 6.28. The highest BCUT2D eigenvalue weighted by Gasteiger charge is 2.18. The van der Waals surface area contributed by atoms with Crippen LogP contribution in [-0.4, -0.2) is 0 Å². The molecule has 0 atom stereocenters. The topological polar surface area (TPSA) is 16.4 Å². The number of anilines is 3. The summed E-state index contributed by atoms with van der Waals surface area (Å²) >= 11 is 0. The summed E-state index contributed by atoms with van der Waals surface area (Å²) in [4.78, 5) is 2.38. The van der Waals surface area contributed by atoms with Gasteiger partial charge in [0.1, 0.15) is 11.2 Å². The zero-order valence-corrected chi connectivity index (χ0v) is 36.2. The molecule has 12 aromatic rings. The Morgan fingerprint density at radius 1 is 0.242 bits per heavy atom. The van der Waals surface area contributed by atoms with Crippen molar-refractivity contribution in [2.75, 3.05) is 4.90 Å². The summed E-state index contributed by atoms with van der Waals surface area (Å²) in [7, 11) is 0. The van der Waals surface area contributed by atoms with Gasteiger partial charge in [-0.1, -0.05) is 194 Å². The molecule has 1 aromatic heterocycles. The molecule has 2 nitrogen and oxygen atoms in total. The van der Waals surface area contributed by atoms with E-state index in [9.17, 15) is 0 Å². The molecular formula is C64H43NO. The van der Waals surface area contributed by atoms with E-state index in [2.05, 4.69) is 254 Å². The molecule has 0 saturated carbocycles. The summed E-state index contributed by atoms with van der Waals surface area (Å²) in [6.07, 6.45) is 0. The van der Waals surface area contributed by atoms with Crippen molar-refractivity contribution in [3.05, 3.63) is 261 Å². The first kappa shape index (κ1) is 38.9.